The van der Waals surface area contributed by atoms with Gasteiger partial charge in [0.05, 0.1) is 17.2 Å². The predicted octanol–water partition coefficient (Wildman–Crippen LogP) is 2.18. The van der Waals surface area contributed by atoms with Gasteiger partial charge in [0, 0.05) is 5.56 Å². The number of nitrogens with zero attached hydrogens (tertiary/aromatic N) is 3. The topological polar surface area (TPSA) is 47.8 Å². The highest BCUT2D eigenvalue weighted by Gasteiger charge is 2.13. The van der Waals surface area contributed by atoms with E-state index >= 15 is 0 Å². The second kappa shape index (κ2) is 4.70. The summed E-state index contributed by atoms with van der Waals surface area (Å²) in [7, 11) is 0. The van der Waals surface area contributed by atoms with Gasteiger partial charge in [-0.05, 0) is 28.1 Å². The quantitative estimate of drug-likeness (QED) is 0.645. The molecule has 17 heavy (non-hydrogen) atoms. The molecule has 0 atom stereocenters. The van der Waals surface area contributed by atoms with Gasteiger partial charge in [-0.15, -0.1) is 5.10 Å². The summed E-state index contributed by atoms with van der Waals surface area (Å²) in [6.07, 6.45) is 1.82. The first-order valence-corrected chi connectivity index (χ1v) is 5.39. The molecule has 88 valence electrons. The molecule has 0 amide bonds. The first-order chi connectivity index (χ1) is 8.11. The van der Waals surface area contributed by atoms with Crippen LogP contribution in [0.2, 0.25) is 0 Å². The van der Waals surface area contributed by atoms with E-state index in [0.717, 1.165) is 6.07 Å². The summed E-state index contributed by atoms with van der Waals surface area (Å²) in [6.45, 7) is -0.127. The minimum absolute atomic E-state index is 0.112. The fraction of sp³-hybridized carbons (Fsp3) is 0.100. The molecule has 0 saturated heterocycles. The molecule has 2 aromatic rings. The van der Waals surface area contributed by atoms with Crippen LogP contribution in [0.25, 0.3) is 0 Å². The number of hydrogen-bond donors (Lipinski definition) is 0. The molecule has 0 fully saturated rings. The molecule has 0 aliphatic heterocycles. The molecule has 0 saturated carbocycles. The number of carbonyl (C=O) groups is 1. The van der Waals surface area contributed by atoms with E-state index in [1.165, 1.54) is 16.9 Å². The molecule has 0 spiro atoms. The molecular formula is C10H6BrF2N3O. The molecule has 0 unspecified atom stereocenters. The highest BCUT2D eigenvalue weighted by Crippen LogP contribution is 2.22. The number of rotatable bonds is 3. The third kappa shape index (κ3) is 2.38. The van der Waals surface area contributed by atoms with Crippen LogP contribution < -0.4 is 0 Å². The average Bonchev–Trinajstić information content (AvgIpc) is 2.77. The molecule has 7 heteroatoms. The van der Waals surface area contributed by atoms with Crippen molar-refractivity contribution >= 4 is 22.2 Å². The van der Waals surface area contributed by atoms with Crippen molar-refractivity contribution < 1.29 is 13.6 Å². The molecule has 0 aliphatic carbocycles. The monoisotopic (exact) mass is 301 g/mol. The lowest BCUT2D eigenvalue weighted by Crippen LogP contribution is -2.06. The molecule has 1 aromatic heterocycles. The molecule has 1 heterocycles. The molecule has 0 N–H and O–H groups in total. The zero-order chi connectivity index (χ0) is 12.4. The van der Waals surface area contributed by atoms with E-state index in [-0.39, 0.29) is 22.3 Å². The zero-order valence-electron chi connectivity index (χ0n) is 8.40. The van der Waals surface area contributed by atoms with Gasteiger partial charge in [0.25, 0.3) is 0 Å². The minimum atomic E-state index is -0.687. The largest absolute Gasteiger partial charge is 0.296 e. The standard InChI is InChI=1S/C10H6BrF2N3O/c11-8-1-2-9(12)7(10(8)13)4-16-3-6(5-17)14-15-16/h1-3,5H,4H2. The van der Waals surface area contributed by atoms with Crippen molar-refractivity contribution in [1.82, 2.24) is 15.0 Å². The minimum Gasteiger partial charge on any atom is -0.296 e. The van der Waals surface area contributed by atoms with E-state index in [1.807, 2.05) is 0 Å². The van der Waals surface area contributed by atoms with Gasteiger partial charge in [-0.1, -0.05) is 5.21 Å². The van der Waals surface area contributed by atoms with Crippen LogP contribution in [0.4, 0.5) is 8.78 Å². The first-order valence-electron chi connectivity index (χ1n) is 4.59. The number of benzene rings is 1. The Hall–Kier alpha value is -1.63. The normalized spacial score (nSPS) is 10.5. The average molecular weight is 302 g/mol. The van der Waals surface area contributed by atoms with Gasteiger partial charge in [0.15, 0.2) is 6.29 Å². The van der Waals surface area contributed by atoms with E-state index in [1.54, 1.807) is 0 Å². The number of aldehydes is 1. The van der Waals surface area contributed by atoms with Crippen molar-refractivity contribution in [2.24, 2.45) is 0 Å². The lowest BCUT2D eigenvalue weighted by Gasteiger charge is -2.05. The Bertz CT molecular complexity index is 571. The van der Waals surface area contributed by atoms with Crippen molar-refractivity contribution in [3.63, 3.8) is 0 Å². The maximum absolute atomic E-state index is 13.6. The van der Waals surface area contributed by atoms with Gasteiger partial charge in [-0.2, -0.15) is 0 Å². The number of aromatic nitrogens is 3. The zero-order valence-corrected chi connectivity index (χ0v) is 9.99. The third-order valence-corrected chi connectivity index (χ3v) is 2.75. The van der Waals surface area contributed by atoms with Gasteiger partial charge in [0.2, 0.25) is 0 Å². The van der Waals surface area contributed by atoms with Crippen molar-refractivity contribution in [3.8, 4) is 0 Å². The Morgan fingerprint density at radius 3 is 2.82 bits per heavy atom. The van der Waals surface area contributed by atoms with Crippen molar-refractivity contribution in [2.45, 2.75) is 6.54 Å². The Labute approximate surface area is 103 Å². The molecule has 0 aliphatic rings. The van der Waals surface area contributed by atoms with E-state index in [2.05, 4.69) is 26.2 Å². The second-order valence-corrected chi connectivity index (χ2v) is 4.13. The van der Waals surface area contributed by atoms with Gasteiger partial charge in [-0.25, -0.2) is 13.5 Å². The molecule has 4 nitrogen and oxygen atoms in total. The number of carbonyl (C=O) groups excluding carboxylic acids is 1. The Morgan fingerprint density at radius 1 is 1.41 bits per heavy atom. The van der Waals surface area contributed by atoms with Gasteiger partial charge < -0.3 is 0 Å². The number of hydrogen-bond acceptors (Lipinski definition) is 3. The summed E-state index contributed by atoms with van der Waals surface area (Å²) in [5, 5.41) is 7.08. The predicted molar refractivity (Wildman–Crippen MR) is 58.6 cm³/mol. The maximum Gasteiger partial charge on any atom is 0.171 e. The van der Waals surface area contributed by atoms with Crippen molar-refractivity contribution in [1.29, 1.82) is 0 Å². The lowest BCUT2D eigenvalue weighted by molar-refractivity contribution is 0.111. The fourth-order valence-corrected chi connectivity index (χ4v) is 1.69. The molecular weight excluding hydrogens is 296 g/mol. The summed E-state index contributed by atoms with van der Waals surface area (Å²) in [4.78, 5) is 10.4. The smallest absolute Gasteiger partial charge is 0.171 e. The van der Waals surface area contributed by atoms with Crippen LogP contribution in [0.3, 0.4) is 0 Å². The summed E-state index contributed by atoms with van der Waals surface area (Å²) in [5.74, 6) is -1.36. The third-order valence-electron chi connectivity index (χ3n) is 2.14. The van der Waals surface area contributed by atoms with Gasteiger partial charge >= 0.3 is 0 Å². The highest BCUT2D eigenvalue weighted by molar-refractivity contribution is 9.10. The highest BCUT2D eigenvalue weighted by atomic mass is 79.9. The molecule has 2 rings (SSSR count). The van der Waals surface area contributed by atoms with Crippen LogP contribution in [-0.2, 0) is 6.54 Å². The van der Waals surface area contributed by atoms with E-state index < -0.39 is 11.6 Å². The summed E-state index contributed by atoms with van der Waals surface area (Å²) in [6, 6.07) is 2.44. The summed E-state index contributed by atoms with van der Waals surface area (Å²) >= 11 is 2.97. The van der Waals surface area contributed by atoms with Crippen LogP contribution in [-0.4, -0.2) is 21.3 Å². The van der Waals surface area contributed by atoms with Crippen molar-refractivity contribution in [2.75, 3.05) is 0 Å². The Balaban J connectivity index is 2.35. The summed E-state index contributed by atoms with van der Waals surface area (Å²) in [5.41, 5.74) is -0.0254. The van der Waals surface area contributed by atoms with Crippen LogP contribution in [0.1, 0.15) is 16.1 Å². The van der Waals surface area contributed by atoms with Crippen LogP contribution in [0.15, 0.2) is 22.8 Å². The van der Waals surface area contributed by atoms with Gasteiger partial charge in [-0.3, -0.25) is 4.79 Å². The Morgan fingerprint density at radius 2 is 2.18 bits per heavy atom. The maximum atomic E-state index is 13.6. The van der Waals surface area contributed by atoms with E-state index in [4.69, 9.17) is 0 Å². The molecule has 1 aromatic carbocycles. The Kier molecular flexibility index (Phi) is 3.28. The van der Waals surface area contributed by atoms with Crippen molar-refractivity contribution in [3.05, 3.63) is 45.7 Å². The molecule has 0 bridgehead atoms. The lowest BCUT2D eigenvalue weighted by atomic mass is 10.2. The van der Waals surface area contributed by atoms with E-state index in [0.29, 0.717) is 6.29 Å². The van der Waals surface area contributed by atoms with E-state index in [9.17, 15) is 13.6 Å². The van der Waals surface area contributed by atoms with Crippen LogP contribution in [0, 0.1) is 11.6 Å². The van der Waals surface area contributed by atoms with Crippen LogP contribution >= 0.6 is 15.9 Å². The second-order valence-electron chi connectivity index (χ2n) is 3.28. The SMILES string of the molecule is O=Cc1cn(Cc2c(F)ccc(Br)c2F)nn1. The number of halogens is 3. The summed E-state index contributed by atoms with van der Waals surface area (Å²) < 4.78 is 28.4. The van der Waals surface area contributed by atoms with Crippen LogP contribution in [0.5, 0.6) is 0 Å². The van der Waals surface area contributed by atoms with Gasteiger partial charge in [0.1, 0.15) is 17.3 Å². The fourth-order valence-electron chi connectivity index (χ4n) is 1.32. The first kappa shape index (κ1) is 11.8. The molecule has 0 radical (unpaired) electrons.